The molecule has 1 aliphatic rings. The molecule has 0 aromatic heterocycles. The Morgan fingerprint density at radius 1 is 1.89 bits per heavy atom. The first kappa shape index (κ1) is 6.84. The minimum Gasteiger partial charge on any atom is -0.394 e. The highest BCUT2D eigenvalue weighted by Crippen LogP contribution is 2.21. The molecule has 9 heavy (non-hydrogen) atoms. The van der Waals surface area contributed by atoms with Gasteiger partial charge >= 0.3 is 0 Å². The zero-order valence-corrected chi connectivity index (χ0v) is 5.63. The van der Waals surface area contributed by atoms with Crippen molar-refractivity contribution in [1.29, 1.82) is 0 Å². The van der Waals surface area contributed by atoms with Crippen LogP contribution in [-0.2, 0) is 4.74 Å². The van der Waals surface area contributed by atoms with Crippen molar-refractivity contribution in [2.45, 2.75) is 18.5 Å². The number of rotatable bonds is 1. The highest BCUT2D eigenvalue weighted by molar-refractivity contribution is 6.13. The highest BCUT2D eigenvalue weighted by atomic mass is 16.5. The number of ether oxygens (including phenoxy) is 1. The van der Waals surface area contributed by atoms with E-state index in [2.05, 4.69) is 6.58 Å². The summed E-state index contributed by atoms with van der Waals surface area (Å²) < 4.78 is 5.27. The summed E-state index contributed by atoms with van der Waals surface area (Å²) in [4.78, 5) is 0. The van der Waals surface area contributed by atoms with Crippen molar-refractivity contribution in [2.24, 2.45) is 0 Å². The van der Waals surface area contributed by atoms with E-state index in [9.17, 15) is 0 Å². The van der Waals surface area contributed by atoms with E-state index >= 15 is 0 Å². The molecule has 2 atom stereocenters. The summed E-state index contributed by atoms with van der Waals surface area (Å²) in [5, 5.41) is 8.64. The third-order valence-electron chi connectivity index (χ3n) is 1.66. The lowest BCUT2D eigenvalue weighted by Gasteiger charge is -2.04. The summed E-state index contributed by atoms with van der Waals surface area (Å²) >= 11 is 0. The van der Waals surface area contributed by atoms with Crippen LogP contribution < -0.4 is 0 Å². The van der Waals surface area contributed by atoms with Crippen LogP contribution >= 0.6 is 0 Å². The van der Waals surface area contributed by atoms with E-state index in [1.54, 1.807) is 0 Å². The fraction of sp³-hybridized carbons (Fsp3) is 0.667. The van der Waals surface area contributed by atoms with Crippen LogP contribution in [0.4, 0.5) is 0 Å². The predicted molar refractivity (Wildman–Crippen MR) is 38.0 cm³/mol. The maximum Gasteiger partial charge on any atom is 0.144 e. The first-order chi connectivity index (χ1) is 4.24. The minimum absolute atomic E-state index is 0.00694. The lowest BCUT2D eigenvalue weighted by Crippen LogP contribution is -2.14. The van der Waals surface area contributed by atoms with Crippen molar-refractivity contribution in [1.82, 2.24) is 0 Å². The average molecular weight is 126 g/mol. The third-order valence-corrected chi connectivity index (χ3v) is 1.66. The molecule has 1 heterocycles. The van der Waals surface area contributed by atoms with Gasteiger partial charge in [-0.15, -0.1) is 0 Å². The SMILES string of the molecule is B[C@@H]1O[C@H](CO)CC1=C. The van der Waals surface area contributed by atoms with Gasteiger partial charge in [0.05, 0.1) is 12.7 Å². The van der Waals surface area contributed by atoms with E-state index in [4.69, 9.17) is 9.84 Å². The van der Waals surface area contributed by atoms with Crippen LogP contribution in [0.15, 0.2) is 12.2 Å². The normalized spacial score (nSPS) is 35.4. The highest BCUT2D eigenvalue weighted by Gasteiger charge is 2.23. The Morgan fingerprint density at radius 2 is 2.56 bits per heavy atom. The Bertz CT molecular complexity index is 124. The number of hydrogen-bond donors (Lipinski definition) is 1. The molecule has 0 aliphatic carbocycles. The molecule has 1 saturated heterocycles. The van der Waals surface area contributed by atoms with Crippen LogP contribution in [0.5, 0.6) is 0 Å². The molecule has 3 heteroatoms. The van der Waals surface area contributed by atoms with Gasteiger partial charge in [-0.1, -0.05) is 12.2 Å². The van der Waals surface area contributed by atoms with E-state index < -0.39 is 0 Å². The van der Waals surface area contributed by atoms with Crippen molar-refractivity contribution >= 4 is 7.85 Å². The maximum atomic E-state index is 8.64. The fourth-order valence-electron chi connectivity index (χ4n) is 0.999. The summed E-state index contributed by atoms with van der Waals surface area (Å²) in [5.74, 6) is 0. The molecule has 0 aromatic rings. The molecule has 0 unspecified atom stereocenters. The molecule has 1 fully saturated rings. The van der Waals surface area contributed by atoms with E-state index in [1.807, 2.05) is 7.85 Å². The average Bonchev–Trinajstić information content (AvgIpc) is 2.13. The number of aliphatic hydroxyl groups excluding tert-OH is 1. The van der Waals surface area contributed by atoms with Crippen LogP contribution in [0, 0.1) is 0 Å². The third kappa shape index (κ3) is 1.34. The quantitative estimate of drug-likeness (QED) is 0.371. The first-order valence-corrected chi connectivity index (χ1v) is 3.18. The van der Waals surface area contributed by atoms with Gasteiger partial charge in [0.25, 0.3) is 0 Å². The van der Waals surface area contributed by atoms with Gasteiger partial charge in [-0.3, -0.25) is 0 Å². The number of hydrogen-bond acceptors (Lipinski definition) is 2. The summed E-state index contributed by atoms with van der Waals surface area (Å²) in [6.45, 7) is 3.91. The van der Waals surface area contributed by atoms with Crippen molar-refractivity contribution in [3.8, 4) is 0 Å². The lowest BCUT2D eigenvalue weighted by molar-refractivity contribution is 0.0454. The second-order valence-corrected chi connectivity index (χ2v) is 2.45. The topological polar surface area (TPSA) is 29.5 Å². The van der Waals surface area contributed by atoms with Crippen LogP contribution in [0.1, 0.15) is 6.42 Å². The Hall–Kier alpha value is -0.275. The largest absolute Gasteiger partial charge is 0.394 e. The zero-order valence-electron chi connectivity index (χ0n) is 5.63. The van der Waals surface area contributed by atoms with Crippen molar-refractivity contribution in [3.05, 3.63) is 12.2 Å². The monoisotopic (exact) mass is 126 g/mol. The van der Waals surface area contributed by atoms with Gasteiger partial charge in [0.15, 0.2) is 0 Å². The van der Waals surface area contributed by atoms with E-state index in [1.165, 1.54) is 0 Å². The van der Waals surface area contributed by atoms with Gasteiger partial charge in [-0.2, -0.15) is 0 Å². The lowest BCUT2D eigenvalue weighted by atomic mass is 9.93. The molecular weight excluding hydrogens is 115 g/mol. The molecule has 0 spiro atoms. The van der Waals surface area contributed by atoms with Gasteiger partial charge < -0.3 is 9.84 Å². The molecule has 0 radical (unpaired) electrons. The van der Waals surface area contributed by atoms with Crippen molar-refractivity contribution in [3.63, 3.8) is 0 Å². The second kappa shape index (κ2) is 2.54. The summed E-state index contributed by atoms with van der Waals surface area (Å²) in [6, 6.07) is 0.141. The van der Waals surface area contributed by atoms with Gasteiger partial charge in [0.2, 0.25) is 0 Å². The Kier molecular flexibility index (Phi) is 1.93. The van der Waals surface area contributed by atoms with Gasteiger partial charge in [0, 0.05) is 6.00 Å². The predicted octanol–water partition coefficient (Wildman–Crippen LogP) is -0.717. The molecule has 1 aliphatic heterocycles. The Labute approximate surface area is 55.9 Å². The smallest absolute Gasteiger partial charge is 0.144 e. The molecule has 0 bridgehead atoms. The van der Waals surface area contributed by atoms with E-state index in [0.29, 0.717) is 0 Å². The van der Waals surface area contributed by atoms with Crippen molar-refractivity contribution < 1.29 is 9.84 Å². The standard InChI is InChI=1S/C6H11BO2/c1-4-2-5(3-8)9-6(4)7/h5-6,8H,1-3,7H2/t5-,6+/m0/s1. The molecule has 0 aromatic carbocycles. The van der Waals surface area contributed by atoms with Crippen LogP contribution in [0.2, 0.25) is 0 Å². The molecule has 2 nitrogen and oxygen atoms in total. The molecule has 1 rings (SSSR count). The van der Waals surface area contributed by atoms with Crippen LogP contribution in [-0.4, -0.2) is 31.7 Å². The molecular formula is C6H11BO2. The molecule has 50 valence electrons. The maximum absolute atomic E-state index is 8.64. The second-order valence-electron chi connectivity index (χ2n) is 2.45. The first-order valence-electron chi connectivity index (χ1n) is 3.18. The summed E-state index contributed by atoms with van der Waals surface area (Å²) in [7, 11) is 1.96. The summed E-state index contributed by atoms with van der Waals surface area (Å²) in [5.41, 5.74) is 1.09. The van der Waals surface area contributed by atoms with E-state index in [-0.39, 0.29) is 18.7 Å². The van der Waals surface area contributed by atoms with Gasteiger partial charge in [-0.05, 0) is 6.42 Å². The van der Waals surface area contributed by atoms with Gasteiger partial charge in [-0.25, -0.2) is 0 Å². The molecule has 0 amide bonds. The number of aliphatic hydroxyl groups is 1. The van der Waals surface area contributed by atoms with E-state index in [0.717, 1.165) is 12.0 Å². The molecule has 0 saturated carbocycles. The zero-order chi connectivity index (χ0) is 6.85. The Balaban J connectivity index is 2.44. The van der Waals surface area contributed by atoms with Crippen LogP contribution in [0.3, 0.4) is 0 Å². The molecule has 1 N–H and O–H groups in total. The summed E-state index contributed by atoms with van der Waals surface area (Å²) in [6.07, 6.45) is 0.824. The fourth-order valence-corrected chi connectivity index (χ4v) is 0.999. The van der Waals surface area contributed by atoms with Gasteiger partial charge in [0.1, 0.15) is 7.85 Å². The minimum atomic E-state index is 0.00694. The van der Waals surface area contributed by atoms with Crippen LogP contribution in [0.25, 0.3) is 0 Å². The van der Waals surface area contributed by atoms with Crippen molar-refractivity contribution in [2.75, 3.05) is 6.61 Å². The Morgan fingerprint density at radius 3 is 2.78 bits per heavy atom.